The summed E-state index contributed by atoms with van der Waals surface area (Å²) in [5, 5.41) is 15.1. The maximum atomic E-state index is 12.5. The molecule has 0 fully saturated rings. The first-order chi connectivity index (χ1) is 14.3. The maximum absolute atomic E-state index is 12.5. The highest BCUT2D eigenvalue weighted by molar-refractivity contribution is 5.99. The average molecular weight is 405 g/mol. The quantitative estimate of drug-likeness (QED) is 0.211. The number of aromatic nitrogens is 2. The van der Waals surface area contributed by atoms with Crippen molar-refractivity contribution in [2.24, 2.45) is 0 Å². The lowest BCUT2D eigenvalue weighted by molar-refractivity contribution is -0.386. The molecule has 0 radical (unpaired) electrons. The number of carbonyl (C=O) groups is 2. The second kappa shape index (κ2) is 7.55. The van der Waals surface area contributed by atoms with Crippen LogP contribution in [0.3, 0.4) is 0 Å². The Labute approximate surface area is 172 Å². The Bertz CT molecular complexity index is 1200. The molecule has 0 saturated carbocycles. The first kappa shape index (κ1) is 19.5. The number of benzene rings is 2. The summed E-state index contributed by atoms with van der Waals surface area (Å²) in [6, 6.07) is 13.6. The molecule has 3 aromatic rings. The molecule has 2 aromatic carbocycles. The predicted octanol–water partition coefficient (Wildman–Crippen LogP) is 3.41. The van der Waals surface area contributed by atoms with Gasteiger partial charge < -0.3 is 4.74 Å². The third-order valence-electron chi connectivity index (χ3n) is 5.29. The largest absolute Gasteiger partial charge is 0.456 e. The van der Waals surface area contributed by atoms with E-state index in [9.17, 15) is 19.7 Å². The summed E-state index contributed by atoms with van der Waals surface area (Å²) in [6.45, 7) is 2.31. The number of hydrogen-bond donors (Lipinski definition) is 0. The summed E-state index contributed by atoms with van der Waals surface area (Å²) in [4.78, 5) is 35.2. The van der Waals surface area contributed by atoms with Crippen molar-refractivity contribution >= 4 is 17.4 Å². The van der Waals surface area contributed by atoms with E-state index < -0.39 is 17.5 Å². The van der Waals surface area contributed by atoms with Crippen molar-refractivity contribution in [3.63, 3.8) is 0 Å². The number of carbonyl (C=O) groups excluding carboxylic acids is 2. The number of hydrogen-bond acceptors (Lipinski definition) is 6. The number of ether oxygens (including phenoxy) is 1. The molecule has 1 aromatic heterocycles. The summed E-state index contributed by atoms with van der Waals surface area (Å²) in [5.74, 6) is -0.995. The highest BCUT2D eigenvalue weighted by Crippen LogP contribution is 2.36. The minimum Gasteiger partial charge on any atom is -0.456 e. The van der Waals surface area contributed by atoms with E-state index in [0.717, 1.165) is 23.1 Å². The Kier molecular flexibility index (Phi) is 4.91. The van der Waals surface area contributed by atoms with Gasteiger partial charge in [-0.25, -0.2) is 0 Å². The van der Waals surface area contributed by atoms with Crippen molar-refractivity contribution in [2.45, 2.75) is 26.8 Å². The number of nitrogens with zero attached hydrogens (tertiary/aromatic N) is 3. The Morgan fingerprint density at radius 2 is 1.87 bits per heavy atom. The van der Waals surface area contributed by atoms with E-state index in [1.807, 2.05) is 30.3 Å². The van der Waals surface area contributed by atoms with Gasteiger partial charge in [-0.1, -0.05) is 36.4 Å². The minimum atomic E-state index is -0.685. The third-order valence-corrected chi connectivity index (χ3v) is 5.29. The minimum absolute atomic E-state index is 0.128. The van der Waals surface area contributed by atoms with Crippen molar-refractivity contribution in [3.05, 3.63) is 80.7 Å². The maximum Gasteiger partial charge on any atom is 0.328 e. The van der Waals surface area contributed by atoms with Crippen LogP contribution in [0.4, 0.5) is 5.69 Å². The van der Waals surface area contributed by atoms with E-state index >= 15 is 0 Å². The Hall–Kier alpha value is -3.81. The van der Waals surface area contributed by atoms with E-state index in [2.05, 4.69) is 11.2 Å². The summed E-state index contributed by atoms with van der Waals surface area (Å²) in [7, 11) is 0. The van der Waals surface area contributed by atoms with Crippen LogP contribution >= 0.6 is 0 Å². The first-order valence-electron chi connectivity index (χ1n) is 9.43. The Morgan fingerprint density at radius 3 is 2.60 bits per heavy atom. The molecule has 30 heavy (non-hydrogen) atoms. The molecular formula is C22H19N3O5. The number of Topliss-reactive ketones (excluding diaryl/α,β-unsaturated/α-hetero) is 1. The van der Waals surface area contributed by atoms with Gasteiger partial charge in [0.2, 0.25) is 0 Å². The molecule has 8 nitrogen and oxygen atoms in total. The molecule has 1 aliphatic rings. The van der Waals surface area contributed by atoms with Crippen molar-refractivity contribution in [1.29, 1.82) is 0 Å². The Balaban J connectivity index is 1.42. The van der Waals surface area contributed by atoms with Gasteiger partial charge in [0, 0.05) is 5.56 Å². The topological polar surface area (TPSA) is 104 Å². The molecule has 0 N–H and O–H groups in total. The second-order valence-corrected chi connectivity index (χ2v) is 7.22. The smallest absolute Gasteiger partial charge is 0.328 e. The van der Waals surface area contributed by atoms with Crippen LogP contribution in [-0.4, -0.2) is 33.1 Å². The van der Waals surface area contributed by atoms with Crippen LogP contribution in [0.1, 0.15) is 32.9 Å². The monoisotopic (exact) mass is 405 g/mol. The summed E-state index contributed by atoms with van der Waals surface area (Å²) >= 11 is 0. The van der Waals surface area contributed by atoms with Crippen molar-refractivity contribution in [1.82, 2.24) is 9.78 Å². The molecule has 0 aliphatic heterocycles. The van der Waals surface area contributed by atoms with Gasteiger partial charge in [0.05, 0.1) is 4.92 Å². The van der Waals surface area contributed by atoms with Crippen LogP contribution in [0.2, 0.25) is 0 Å². The van der Waals surface area contributed by atoms with E-state index in [4.69, 9.17) is 4.74 Å². The lowest BCUT2D eigenvalue weighted by Crippen LogP contribution is -2.19. The zero-order valence-corrected chi connectivity index (χ0v) is 16.5. The standard InChI is InChI=1S/C22H19N3O5/c1-13-22(25(28)29)14(2)24(23-13)11-21(27)30-12-20(26)17-8-7-16-9-15-5-3-4-6-18(15)19(16)10-17/h3-8,10H,9,11-12H2,1-2H3. The van der Waals surface area contributed by atoms with Gasteiger partial charge in [-0.3, -0.25) is 24.4 Å². The molecule has 152 valence electrons. The van der Waals surface area contributed by atoms with Crippen molar-refractivity contribution in [3.8, 4) is 11.1 Å². The second-order valence-electron chi connectivity index (χ2n) is 7.22. The highest BCUT2D eigenvalue weighted by Gasteiger charge is 2.24. The number of ketones is 1. The molecule has 0 atom stereocenters. The van der Waals surface area contributed by atoms with Crippen molar-refractivity contribution in [2.75, 3.05) is 6.61 Å². The van der Waals surface area contributed by atoms with Gasteiger partial charge in [0.25, 0.3) is 0 Å². The zero-order valence-electron chi connectivity index (χ0n) is 16.5. The van der Waals surface area contributed by atoms with Gasteiger partial charge >= 0.3 is 11.7 Å². The molecule has 0 spiro atoms. The van der Waals surface area contributed by atoms with E-state index in [-0.39, 0.29) is 29.4 Å². The molecule has 1 heterocycles. The van der Waals surface area contributed by atoms with Crippen LogP contribution in [0.5, 0.6) is 0 Å². The van der Waals surface area contributed by atoms with E-state index in [1.165, 1.54) is 24.1 Å². The van der Waals surface area contributed by atoms with Gasteiger partial charge in [0.1, 0.15) is 17.9 Å². The van der Waals surface area contributed by atoms with Crippen LogP contribution in [-0.2, 0) is 22.5 Å². The fraction of sp³-hybridized carbons (Fsp3) is 0.227. The molecule has 4 rings (SSSR count). The highest BCUT2D eigenvalue weighted by atomic mass is 16.6. The van der Waals surface area contributed by atoms with E-state index in [1.54, 1.807) is 6.07 Å². The molecular weight excluding hydrogens is 386 g/mol. The SMILES string of the molecule is Cc1nn(CC(=O)OCC(=O)c2ccc3c(c2)-c2ccccc2C3)c(C)c1[N+](=O)[O-]. The van der Waals surface area contributed by atoms with Gasteiger partial charge in [0.15, 0.2) is 12.4 Å². The number of rotatable bonds is 6. The fourth-order valence-electron chi connectivity index (χ4n) is 3.80. The molecule has 8 heteroatoms. The van der Waals surface area contributed by atoms with Crippen LogP contribution in [0.25, 0.3) is 11.1 Å². The number of aryl methyl sites for hydroxylation is 1. The number of fused-ring (bicyclic) bond motifs is 3. The zero-order chi connectivity index (χ0) is 21.4. The average Bonchev–Trinajstić information content (AvgIpc) is 3.22. The summed E-state index contributed by atoms with van der Waals surface area (Å²) in [6.07, 6.45) is 0.837. The van der Waals surface area contributed by atoms with E-state index in [0.29, 0.717) is 5.56 Å². The lowest BCUT2D eigenvalue weighted by Gasteiger charge is -2.07. The van der Waals surface area contributed by atoms with Crippen LogP contribution in [0, 0.1) is 24.0 Å². The van der Waals surface area contributed by atoms with Gasteiger partial charge in [-0.15, -0.1) is 0 Å². The van der Waals surface area contributed by atoms with Gasteiger partial charge in [-0.05, 0) is 48.6 Å². The molecule has 0 bridgehead atoms. The Morgan fingerprint density at radius 1 is 1.13 bits per heavy atom. The molecule has 1 aliphatic carbocycles. The lowest BCUT2D eigenvalue weighted by atomic mass is 10.0. The summed E-state index contributed by atoms with van der Waals surface area (Å²) < 4.78 is 6.31. The number of esters is 1. The fourth-order valence-corrected chi connectivity index (χ4v) is 3.80. The predicted molar refractivity (Wildman–Crippen MR) is 108 cm³/mol. The first-order valence-corrected chi connectivity index (χ1v) is 9.43. The van der Waals surface area contributed by atoms with Crippen molar-refractivity contribution < 1.29 is 19.2 Å². The van der Waals surface area contributed by atoms with Crippen LogP contribution < -0.4 is 0 Å². The molecule has 0 amide bonds. The third kappa shape index (κ3) is 3.47. The normalized spacial score (nSPS) is 11.7. The van der Waals surface area contributed by atoms with Gasteiger partial charge in [-0.2, -0.15) is 5.10 Å². The summed E-state index contributed by atoms with van der Waals surface area (Å²) in [5.41, 5.74) is 5.36. The molecule has 0 unspecified atom stereocenters. The molecule has 0 saturated heterocycles. The number of nitro groups is 1. The van der Waals surface area contributed by atoms with Crippen LogP contribution in [0.15, 0.2) is 42.5 Å².